The quantitative estimate of drug-likeness (QED) is 0.151. The number of para-hydroxylation sites is 2. The van der Waals surface area contributed by atoms with Gasteiger partial charge in [0.15, 0.2) is 0 Å². The maximum atomic E-state index is 13.1. The summed E-state index contributed by atoms with van der Waals surface area (Å²) in [5.74, 6) is 0.453. The molecule has 0 radical (unpaired) electrons. The second kappa shape index (κ2) is 16.5. The van der Waals surface area contributed by atoms with Crippen molar-refractivity contribution in [3.8, 4) is 5.69 Å². The Morgan fingerprint density at radius 1 is 0.741 bits per heavy atom. The topological polar surface area (TPSA) is 124 Å². The van der Waals surface area contributed by atoms with Crippen LogP contribution >= 0.6 is 0 Å². The molecule has 0 saturated heterocycles. The highest BCUT2D eigenvalue weighted by molar-refractivity contribution is 5.96. The Kier molecular flexibility index (Phi) is 11.4. The number of nitrogens with one attached hydrogen (secondary N) is 3. The van der Waals surface area contributed by atoms with Crippen molar-refractivity contribution in [2.75, 3.05) is 21.7 Å². The molecule has 3 aromatic carbocycles. The van der Waals surface area contributed by atoms with Crippen molar-refractivity contribution in [2.45, 2.75) is 116 Å². The van der Waals surface area contributed by atoms with E-state index >= 15 is 0 Å². The fourth-order valence-electron chi connectivity index (χ4n) is 8.74. The Morgan fingerprint density at radius 2 is 1.31 bits per heavy atom. The van der Waals surface area contributed by atoms with Crippen molar-refractivity contribution in [2.24, 2.45) is 5.92 Å². The summed E-state index contributed by atoms with van der Waals surface area (Å²) in [5.41, 5.74) is 7.07. The summed E-state index contributed by atoms with van der Waals surface area (Å²) in [5, 5.41) is 19.5. The number of carbonyl (C=O) groups excluding carboxylic acids is 3. The highest BCUT2D eigenvalue weighted by Crippen LogP contribution is 2.40. The summed E-state index contributed by atoms with van der Waals surface area (Å²) < 4.78 is 1.77. The van der Waals surface area contributed by atoms with E-state index in [1.165, 1.54) is 5.56 Å². The summed E-state index contributed by atoms with van der Waals surface area (Å²) in [6.07, 6.45) is 8.85. The van der Waals surface area contributed by atoms with Gasteiger partial charge in [0.05, 0.1) is 23.6 Å². The molecule has 1 aliphatic carbocycles. The third kappa shape index (κ3) is 7.92. The van der Waals surface area contributed by atoms with Crippen LogP contribution in [0.4, 0.5) is 17.1 Å². The molecule has 3 aliphatic rings. The van der Waals surface area contributed by atoms with Gasteiger partial charge >= 0.3 is 0 Å². The molecule has 1 saturated carbocycles. The molecule has 54 heavy (non-hydrogen) atoms. The number of nitrogens with zero attached hydrogens (tertiary/aromatic N) is 5. The van der Waals surface area contributed by atoms with E-state index in [-0.39, 0.29) is 47.8 Å². The van der Waals surface area contributed by atoms with Crippen LogP contribution in [0, 0.1) is 5.92 Å². The average Bonchev–Trinajstić information content (AvgIpc) is 3.67. The van der Waals surface area contributed by atoms with E-state index in [1.807, 2.05) is 66.2 Å². The fraction of sp³-hybridized carbons (Fsp3) is 0.465. The molecule has 4 aromatic rings. The van der Waals surface area contributed by atoms with Gasteiger partial charge in [-0.2, -0.15) is 0 Å². The number of rotatable bonds is 11. The maximum absolute atomic E-state index is 13.1. The van der Waals surface area contributed by atoms with Crippen LogP contribution in [-0.4, -0.2) is 57.4 Å². The van der Waals surface area contributed by atoms with Crippen LogP contribution in [0.5, 0.6) is 0 Å². The first kappa shape index (κ1) is 37.3. The Hall–Kier alpha value is -5.03. The molecule has 11 nitrogen and oxygen atoms in total. The number of fused-ring (bicyclic) bond motifs is 2. The number of hydrogen-bond donors (Lipinski definition) is 3. The number of amides is 3. The van der Waals surface area contributed by atoms with Crippen molar-refractivity contribution in [1.82, 2.24) is 25.6 Å². The third-order valence-corrected chi connectivity index (χ3v) is 11.5. The minimum Gasteiger partial charge on any atom is -0.378 e. The zero-order chi connectivity index (χ0) is 37.8. The maximum Gasteiger partial charge on any atom is 0.226 e. The van der Waals surface area contributed by atoms with Gasteiger partial charge in [-0.05, 0) is 99.9 Å². The van der Waals surface area contributed by atoms with Crippen LogP contribution in [0.1, 0.15) is 108 Å². The summed E-state index contributed by atoms with van der Waals surface area (Å²) in [6, 6.07) is 25.5. The first-order chi connectivity index (χ1) is 26.2. The third-order valence-electron chi connectivity index (χ3n) is 11.5. The minimum atomic E-state index is 0.0177. The largest absolute Gasteiger partial charge is 0.378 e. The van der Waals surface area contributed by atoms with Gasteiger partial charge < -0.3 is 25.8 Å². The minimum absolute atomic E-state index is 0.0177. The molecular weight excluding hydrogens is 677 g/mol. The lowest BCUT2D eigenvalue weighted by molar-refractivity contribution is -0.126. The smallest absolute Gasteiger partial charge is 0.226 e. The Labute approximate surface area is 318 Å². The SMILES string of the molecule is CCC(=O)N1c2ccccc2[C@H](Nc2ccc(-n3cc(CCNC(=O)C4CCC(N[C@@H]5C[C@H](C)N(C(=O)CC)c6ccccc65)CC4)nn3)cc2)C[C@@H]1C. The average molecular weight is 731 g/mol. The van der Waals surface area contributed by atoms with Gasteiger partial charge in [0.1, 0.15) is 0 Å². The first-order valence-corrected chi connectivity index (χ1v) is 19.9. The van der Waals surface area contributed by atoms with Crippen LogP contribution in [0.15, 0.2) is 79.0 Å². The van der Waals surface area contributed by atoms with Crippen LogP contribution in [0.25, 0.3) is 5.69 Å². The molecule has 1 aromatic heterocycles. The normalized spacial score (nSPS) is 23.6. The number of aromatic nitrogens is 3. The van der Waals surface area contributed by atoms with Crippen LogP contribution in [0.2, 0.25) is 0 Å². The van der Waals surface area contributed by atoms with E-state index in [0.717, 1.165) is 72.5 Å². The molecule has 3 heterocycles. The van der Waals surface area contributed by atoms with Gasteiger partial charge in [0.2, 0.25) is 17.7 Å². The zero-order valence-corrected chi connectivity index (χ0v) is 32.0. The van der Waals surface area contributed by atoms with Crippen LogP contribution < -0.4 is 25.8 Å². The van der Waals surface area contributed by atoms with Gasteiger partial charge in [-0.1, -0.05) is 55.5 Å². The first-order valence-electron chi connectivity index (χ1n) is 19.9. The van der Waals surface area contributed by atoms with Crippen molar-refractivity contribution in [3.05, 3.63) is 95.8 Å². The van der Waals surface area contributed by atoms with Gasteiger partial charge in [-0.15, -0.1) is 5.10 Å². The van der Waals surface area contributed by atoms with Gasteiger partial charge in [0.25, 0.3) is 0 Å². The molecule has 7 rings (SSSR count). The molecule has 1 fully saturated rings. The van der Waals surface area contributed by atoms with Gasteiger partial charge in [-0.25, -0.2) is 4.68 Å². The molecular formula is C43H54N8O3. The molecule has 0 spiro atoms. The molecule has 3 amide bonds. The number of hydrogen-bond acceptors (Lipinski definition) is 7. The van der Waals surface area contributed by atoms with E-state index in [0.29, 0.717) is 31.8 Å². The van der Waals surface area contributed by atoms with Crippen LogP contribution in [-0.2, 0) is 20.8 Å². The molecule has 4 atom stereocenters. The summed E-state index contributed by atoms with van der Waals surface area (Å²) in [4.78, 5) is 42.5. The van der Waals surface area contributed by atoms with E-state index in [9.17, 15) is 14.4 Å². The Bertz CT molecular complexity index is 1930. The molecule has 0 unspecified atom stereocenters. The summed E-state index contributed by atoms with van der Waals surface area (Å²) in [6.45, 7) is 8.61. The predicted molar refractivity (Wildman–Crippen MR) is 213 cm³/mol. The lowest BCUT2D eigenvalue weighted by atomic mass is 9.83. The fourth-order valence-corrected chi connectivity index (χ4v) is 8.74. The highest BCUT2D eigenvalue weighted by atomic mass is 16.2. The van der Waals surface area contributed by atoms with E-state index in [2.05, 4.69) is 76.5 Å². The standard InChI is InChI=1S/C43H54N8O3/c1-5-41(52)50-28(3)25-37(35-11-7-9-13-39(35)50)45-31-17-15-30(16-18-31)43(54)44-24-23-33-27-49(48-47-33)34-21-19-32(20-22-34)46-38-26-29(4)51(42(53)6-2)40-14-10-8-12-36(38)40/h7-14,19-22,27-31,37-38,45-46H,5-6,15-18,23-26H2,1-4H3,(H,44,54)/t28-,29-,30?,31?,37+,38+/m0/s1. The van der Waals surface area contributed by atoms with Gasteiger partial charge in [-0.3, -0.25) is 14.4 Å². The Morgan fingerprint density at radius 3 is 1.93 bits per heavy atom. The monoisotopic (exact) mass is 730 g/mol. The van der Waals surface area contributed by atoms with E-state index in [1.54, 1.807) is 4.68 Å². The molecule has 284 valence electrons. The van der Waals surface area contributed by atoms with Crippen molar-refractivity contribution in [1.29, 1.82) is 0 Å². The van der Waals surface area contributed by atoms with Crippen LogP contribution in [0.3, 0.4) is 0 Å². The lowest BCUT2D eigenvalue weighted by Crippen LogP contribution is -2.47. The predicted octanol–water partition coefficient (Wildman–Crippen LogP) is 7.04. The van der Waals surface area contributed by atoms with Crippen molar-refractivity contribution < 1.29 is 14.4 Å². The number of carbonyl (C=O) groups is 3. The highest BCUT2D eigenvalue weighted by Gasteiger charge is 2.36. The second-order valence-corrected chi connectivity index (χ2v) is 15.2. The number of anilines is 3. The lowest BCUT2D eigenvalue weighted by Gasteiger charge is -2.41. The van der Waals surface area contributed by atoms with Gasteiger partial charge in [0, 0.05) is 73.0 Å². The summed E-state index contributed by atoms with van der Waals surface area (Å²) >= 11 is 0. The van der Waals surface area contributed by atoms with E-state index in [4.69, 9.17) is 0 Å². The second-order valence-electron chi connectivity index (χ2n) is 15.2. The molecule has 11 heteroatoms. The van der Waals surface area contributed by atoms with E-state index < -0.39 is 0 Å². The zero-order valence-electron chi connectivity index (χ0n) is 32.0. The number of benzene rings is 3. The van der Waals surface area contributed by atoms with Crippen molar-refractivity contribution in [3.63, 3.8) is 0 Å². The molecule has 3 N–H and O–H groups in total. The van der Waals surface area contributed by atoms with Crippen molar-refractivity contribution >= 4 is 34.8 Å². The molecule has 2 aliphatic heterocycles. The molecule has 0 bridgehead atoms. The summed E-state index contributed by atoms with van der Waals surface area (Å²) in [7, 11) is 0. The Balaban J connectivity index is 0.868.